The number of aromatic carboxylic acids is 1. The predicted molar refractivity (Wildman–Crippen MR) is 201 cm³/mol. The third-order valence-corrected chi connectivity index (χ3v) is 12.7. The van der Waals surface area contributed by atoms with E-state index < -0.39 is 16.0 Å². The van der Waals surface area contributed by atoms with Crippen molar-refractivity contribution in [3.05, 3.63) is 89.1 Å². The van der Waals surface area contributed by atoms with E-state index in [1.807, 2.05) is 32.0 Å². The number of rotatable bonds is 12. The minimum atomic E-state index is -4.23. The number of carboxylic acids is 1. The maximum Gasteiger partial charge on any atom is 0.335 e. The molecule has 0 bridgehead atoms. The van der Waals surface area contributed by atoms with Gasteiger partial charge in [0.25, 0.3) is 10.0 Å². The molecular formula is C40H48N6O5S. The van der Waals surface area contributed by atoms with Gasteiger partial charge in [-0.15, -0.1) is 0 Å². The summed E-state index contributed by atoms with van der Waals surface area (Å²) in [6.45, 7) is 8.72. The minimum Gasteiger partial charge on any atom is -0.478 e. The number of aryl methyl sites for hydroxylation is 2. The topological polar surface area (TPSA) is 147 Å². The fourth-order valence-electron chi connectivity index (χ4n) is 8.09. The Bertz CT molecular complexity index is 2060. The van der Waals surface area contributed by atoms with E-state index in [1.165, 1.54) is 43.9 Å². The van der Waals surface area contributed by atoms with Crippen molar-refractivity contribution in [1.29, 1.82) is 0 Å². The molecule has 1 saturated heterocycles. The van der Waals surface area contributed by atoms with Crippen LogP contribution >= 0.6 is 0 Å². The van der Waals surface area contributed by atoms with Crippen LogP contribution in [0.2, 0.25) is 0 Å². The van der Waals surface area contributed by atoms with Crippen LogP contribution in [0.3, 0.4) is 0 Å². The molecule has 52 heavy (non-hydrogen) atoms. The van der Waals surface area contributed by atoms with Crippen molar-refractivity contribution in [2.75, 3.05) is 23.3 Å². The van der Waals surface area contributed by atoms with E-state index in [0.29, 0.717) is 35.6 Å². The van der Waals surface area contributed by atoms with Gasteiger partial charge in [0.2, 0.25) is 11.8 Å². The number of anilines is 2. The van der Waals surface area contributed by atoms with E-state index in [0.717, 1.165) is 47.1 Å². The highest BCUT2D eigenvalue weighted by Crippen LogP contribution is 2.61. The first kappa shape index (κ1) is 35.8. The molecule has 0 amide bonds. The number of pyridine rings is 1. The Hall–Kier alpha value is -4.55. The zero-order valence-electron chi connectivity index (χ0n) is 30.5. The summed E-state index contributed by atoms with van der Waals surface area (Å²) in [4.78, 5) is 28.0. The van der Waals surface area contributed by atoms with Crippen LogP contribution in [0.25, 0.3) is 11.3 Å². The molecule has 274 valence electrons. The van der Waals surface area contributed by atoms with Gasteiger partial charge in [0.1, 0.15) is 12.4 Å². The largest absolute Gasteiger partial charge is 0.478 e. The third-order valence-electron chi connectivity index (χ3n) is 11.4. The molecular weight excluding hydrogens is 677 g/mol. The number of piperidine rings is 1. The number of carbonyl (C=O) groups is 1. The molecule has 2 aliphatic carbocycles. The summed E-state index contributed by atoms with van der Waals surface area (Å²) in [5.41, 5.74) is 4.81. The predicted octanol–water partition coefficient (Wildman–Crippen LogP) is 7.18. The molecule has 3 aliphatic rings. The van der Waals surface area contributed by atoms with E-state index in [-0.39, 0.29) is 34.4 Å². The van der Waals surface area contributed by atoms with Gasteiger partial charge in [0.05, 0.1) is 21.8 Å². The minimum absolute atomic E-state index is 0.0131. The standard InChI is InChI=1S/C40H48N6O5S/c1-24(2)30-15-16-32(31-13-8-14-35(42-31)46(5)28-21-40(22-28)17-18-40)41-34(30)23-51-36-20-33(37-25(3)9-6-10-26(37)4)43-39(44-36)45-52(49,50)29-12-7-11-27(19-29)38(47)48/h6-14,19-20,24,28,30,32,34,41H,15-18,21-23H2,1-5H3,(H,47,48)(H,43,44,45). The summed E-state index contributed by atoms with van der Waals surface area (Å²) in [6.07, 6.45) is 7.25. The first-order chi connectivity index (χ1) is 24.8. The second-order valence-corrected chi connectivity index (χ2v) is 17.0. The Morgan fingerprint density at radius 1 is 1.00 bits per heavy atom. The highest BCUT2D eigenvalue weighted by molar-refractivity contribution is 7.92. The molecule has 3 unspecified atom stereocenters. The normalized spacial score (nSPS) is 21.1. The lowest BCUT2D eigenvalue weighted by Crippen LogP contribution is -2.49. The number of nitrogens with one attached hydrogen (secondary N) is 2. The van der Waals surface area contributed by atoms with Crippen molar-refractivity contribution in [2.24, 2.45) is 17.3 Å². The Labute approximate surface area is 306 Å². The van der Waals surface area contributed by atoms with Gasteiger partial charge in [-0.1, -0.05) is 44.2 Å². The highest BCUT2D eigenvalue weighted by Gasteiger charge is 2.54. The summed E-state index contributed by atoms with van der Waals surface area (Å²) in [5.74, 6) is 0.590. The van der Waals surface area contributed by atoms with Crippen molar-refractivity contribution in [3.8, 4) is 17.1 Å². The van der Waals surface area contributed by atoms with Crippen LogP contribution in [0.15, 0.2) is 71.6 Å². The van der Waals surface area contributed by atoms with Crippen molar-refractivity contribution >= 4 is 27.8 Å². The molecule has 2 saturated carbocycles. The summed E-state index contributed by atoms with van der Waals surface area (Å²) in [6, 6.07) is 19.7. The van der Waals surface area contributed by atoms with Gasteiger partial charge < -0.3 is 20.1 Å². The smallest absolute Gasteiger partial charge is 0.335 e. The van der Waals surface area contributed by atoms with Crippen LogP contribution in [0.5, 0.6) is 5.88 Å². The van der Waals surface area contributed by atoms with Gasteiger partial charge in [-0.2, -0.15) is 4.98 Å². The average molecular weight is 725 g/mol. The van der Waals surface area contributed by atoms with Crippen molar-refractivity contribution in [3.63, 3.8) is 0 Å². The van der Waals surface area contributed by atoms with E-state index in [4.69, 9.17) is 9.72 Å². The molecule has 2 aromatic heterocycles. The van der Waals surface area contributed by atoms with E-state index >= 15 is 0 Å². The van der Waals surface area contributed by atoms with Crippen LogP contribution in [-0.4, -0.2) is 60.2 Å². The fraction of sp³-hybridized carbons (Fsp3) is 0.450. The Morgan fingerprint density at radius 3 is 2.40 bits per heavy atom. The van der Waals surface area contributed by atoms with Gasteiger partial charge >= 0.3 is 5.97 Å². The Morgan fingerprint density at radius 2 is 1.71 bits per heavy atom. The zero-order valence-corrected chi connectivity index (χ0v) is 31.3. The fourth-order valence-corrected chi connectivity index (χ4v) is 9.08. The van der Waals surface area contributed by atoms with Gasteiger partial charge in [-0.3, -0.25) is 0 Å². The lowest BCUT2D eigenvalue weighted by Gasteiger charge is -2.43. The van der Waals surface area contributed by atoms with Crippen molar-refractivity contribution < 1.29 is 23.1 Å². The monoisotopic (exact) mass is 724 g/mol. The summed E-state index contributed by atoms with van der Waals surface area (Å²) >= 11 is 0. The van der Waals surface area contributed by atoms with E-state index in [9.17, 15) is 18.3 Å². The Kier molecular flexibility index (Phi) is 9.73. The number of carboxylic acid groups (broad SMARTS) is 1. The number of hydrogen-bond acceptors (Lipinski definition) is 9. The Balaban J connectivity index is 1.14. The lowest BCUT2D eigenvalue weighted by molar-refractivity contribution is 0.0696. The molecule has 4 aromatic rings. The molecule has 11 nitrogen and oxygen atoms in total. The van der Waals surface area contributed by atoms with Crippen LogP contribution in [0.4, 0.5) is 11.8 Å². The quantitative estimate of drug-likeness (QED) is 0.137. The molecule has 1 spiro atoms. The summed E-state index contributed by atoms with van der Waals surface area (Å²) in [7, 11) is -2.06. The first-order valence-corrected chi connectivity index (χ1v) is 19.7. The lowest BCUT2D eigenvalue weighted by atomic mass is 9.76. The molecule has 2 aromatic carbocycles. The molecule has 3 N–H and O–H groups in total. The molecule has 1 aliphatic heterocycles. The van der Waals surface area contributed by atoms with Crippen LogP contribution in [-0.2, 0) is 10.0 Å². The first-order valence-electron chi connectivity index (χ1n) is 18.2. The number of hydrogen-bond donors (Lipinski definition) is 3. The SMILES string of the molecule is Cc1cccc(C)c1-c1cc(OCC2NC(c3cccc(N(C)C4CC5(CC5)C4)n3)CCC2C(C)C)nc(NS(=O)(=O)c2cccc(C(=O)O)c2)n1. The zero-order chi connectivity index (χ0) is 36.8. The maximum atomic E-state index is 13.5. The van der Waals surface area contributed by atoms with Crippen LogP contribution < -0.4 is 19.7 Å². The average Bonchev–Trinajstić information content (AvgIpc) is 3.91. The number of aromatic nitrogens is 3. The van der Waals surface area contributed by atoms with Gasteiger partial charge in [-0.25, -0.2) is 27.9 Å². The van der Waals surface area contributed by atoms with Gasteiger partial charge in [0.15, 0.2) is 0 Å². The van der Waals surface area contributed by atoms with Gasteiger partial charge in [0, 0.05) is 36.8 Å². The van der Waals surface area contributed by atoms with E-state index in [1.54, 1.807) is 6.07 Å². The molecule has 12 heteroatoms. The second kappa shape index (κ2) is 14.1. The van der Waals surface area contributed by atoms with Crippen molar-refractivity contribution in [2.45, 2.75) is 89.2 Å². The van der Waals surface area contributed by atoms with Crippen LogP contribution in [0.1, 0.15) is 85.6 Å². The highest BCUT2D eigenvalue weighted by atomic mass is 32.2. The van der Waals surface area contributed by atoms with Crippen LogP contribution in [0, 0.1) is 31.1 Å². The third kappa shape index (κ3) is 7.50. The van der Waals surface area contributed by atoms with E-state index in [2.05, 4.69) is 64.0 Å². The number of ether oxygens (including phenoxy) is 1. The molecule has 3 fully saturated rings. The molecule has 3 heterocycles. The molecule has 3 atom stereocenters. The second-order valence-electron chi connectivity index (χ2n) is 15.3. The summed E-state index contributed by atoms with van der Waals surface area (Å²) in [5, 5.41) is 13.3. The molecule has 7 rings (SSSR count). The summed E-state index contributed by atoms with van der Waals surface area (Å²) < 4.78 is 35.9. The maximum absolute atomic E-state index is 13.5. The van der Waals surface area contributed by atoms with Crippen molar-refractivity contribution in [1.82, 2.24) is 20.3 Å². The van der Waals surface area contributed by atoms with Gasteiger partial charge in [-0.05, 0) is 111 Å². The number of sulfonamides is 1. The molecule has 0 radical (unpaired) electrons. The number of nitrogens with zero attached hydrogens (tertiary/aromatic N) is 4. The number of benzene rings is 2.